The van der Waals surface area contributed by atoms with Crippen molar-refractivity contribution in [3.63, 3.8) is 0 Å². The number of carbonyl (C=O) groups excluding carboxylic acids is 2. The first-order chi connectivity index (χ1) is 14.6. The zero-order valence-corrected chi connectivity index (χ0v) is 16.1. The number of carbonyl (C=O) groups is 2. The van der Waals surface area contributed by atoms with Crippen LogP contribution in [0, 0.1) is 0 Å². The van der Waals surface area contributed by atoms with Crippen LogP contribution in [0.4, 0.5) is 0 Å². The normalized spacial score (nSPS) is 16.8. The van der Waals surface area contributed by atoms with Gasteiger partial charge in [0.25, 0.3) is 5.91 Å². The van der Waals surface area contributed by atoms with E-state index in [0.29, 0.717) is 5.76 Å². The first kappa shape index (κ1) is 18.1. The van der Waals surface area contributed by atoms with Crippen LogP contribution in [-0.4, -0.2) is 26.3 Å². The molecule has 7 heteroatoms. The maximum Gasteiger partial charge on any atom is 0.290 e. The SMILES string of the molecule is Cn1cc(C2C(C(=O)c3ccco3)=C(O)C(=O)N2Cc2ccco2)c2ccccc21. The third kappa shape index (κ3) is 2.67. The highest BCUT2D eigenvalue weighted by atomic mass is 16.3. The minimum Gasteiger partial charge on any atom is -0.503 e. The highest BCUT2D eigenvalue weighted by molar-refractivity contribution is 6.15. The van der Waals surface area contributed by atoms with E-state index in [-0.39, 0.29) is 17.9 Å². The number of benzene rings is 1. The fourth-order valence-corrected chi connectivity index (χ4v) is 4.07. The lowest BCUT2D eigenvalue weighted by Crippen LogP contribution is -2.30. The molecule has 1 unspecified atom stereocenters. The number of nitrogens with zero attached hydrogens (tertiary/aromatic N) is 2. The molecule has 1 aromatic carbocycles. The van der Waals surface area contributed by atoms with Crippen LogP contribution in [-0.2, 0) is 18.4 Å². The molecule has 4 heterocycles. The first-order valence-electron chi connectivity index (χ1n) is 9.45. The molecule has 0 saturated carbocycles. The number of hydrogen-bond donors (Lipinski definition) is 1. The Morgan fingerprint density at radius 1 is 1.07 bits per heavy atom. The summed E-state index contributed by atoms with van der Waals surface area (Å²) in [5, 5.41) is 11.6. The second-order valence-corrected chi connectivity index (χ2v) is 7.20. The van der Waals surface area contributed by atoms with E-state index < -0.39 is 23.5 Å². The molecule has 0 bridgehead atoms. The Labute approximate surface area is 171 Å². The van der Waals surface area contributed by atoms with E-state index in [1.54, 1.807) is 18.2 Å². The molecule has 0 spiro atoms. The smallest absolute Gasteiger partial charge is 0.290 e. The summed E-state index contributed by atoms with van der Waals surface area (Å²) in [6.07, 6.45) is 4.78. The van der Waals surface area contributed by atoms with Crippen molar-refractivity contribution in [1.82, 2.24) is 9.47 Å². The number of rotatable bonds is 5. The van der Waals surface area contributed by atoms with E-state index in [0.717, 1.165) is 16.5 Å². The Balaban J connectivity index is 1.70. The standard InChI is InChI=1S/C23H18N2O5/c1-24-13-16(15-7-2-3-8-17(15)24)20-19(21(26)18-9-5-11-30-18)22(27)23(28)25(20)12-14-6-4-10-29-14/h2-11,13,20,27H,12H2,1H3. The number of ketones is 1. The van der Waals surface area contributed by atoms with Crippen LogP contribution in [0.15, 0.2) is 87.4 Å². The van der Waals surface area contributed by atoms with Crippen molar-refractivity contribution in [1.29, 1.82) is 0 Å². The summed E-state index contributed by atoms with van der Waals surface area (Å²) in [4.78, 5) is 27.7. The van der Waals surface area contributed by atoms with Gasteiger partial charge in [-0.15, -0.1) is 0 Å². The highest BCUT2D eigenvalue weighted by Crippen LogP contribution is 2.42. The highest BCUT2D eigenvalue weighted by Gasteiger charge is 2.45. The van der Waals surface area contributed by atoms with Crippen LogP contribution in [0.25, 0.3) is 10.9 Å². The fraction of sp³-hybridized carbons (Fsp3) is 0.130. The Hall–Kier alpha value is -4.00. The van der Waals surface area contributed by atoms with Gasteiger partial charge in [-0.1, -0.05) is 18.2 Å². The molecular formula is C23H18N2O5. The summed E-state index contributed by atoms with van der Waals surface area (Å²) in [6.45, 7) is 0.110. The lowest BCUT2D eigenvalue weighted by molar-refractivity contribution is -0.130. The van der Waals surface area contributed by atoms with Gasteiger partial charge in [-0.25, -0.2) is 0 Å². The molecule has 0 aliphatic carbocycles. The van der Waals surface area contributed by atoms with Gasteiger partial charge in [-0.3, -0.25) is 9.59 Å². The Morgan fingerprint density at radius 3 is 2.57 bits per heavy atom. The zero-order valence-electron chi connectivity index (χ0n) is 16.1. The molecule has 0 saturated heterocycles. The summed E-state index contributed by atoms with van der Waals surface area (Å²) in [5.74, 6) is -1.10. The van der Waals surface area contributed by atoms with Crippen molar-refractivity contribution in [3.05, 3.63) is 95.7 Å². The molecule has 1 N–H and O–H groups in total. The van der Waals surface area contributed by atoms with Gasteiger partial charge < -0.3 is 23.4 Å². The fourth-order valence-electron chi connectivity index (χ4n) is 4.07. The summed E-state index contributed by atoms with van der Waals surface area (Å²) < 4.78 is 12.6. The second-order valence-electron chi connectivity index (χ2n) is 7.20. The summed E-state index contributed by atoms with van der Waals surface area (Å²) >= 11 is 0. The van der Waals surface area contributed by atoms with Crippen LogP contribution in [0.1, 0.15) is 27.9 Å². The predicted molar refractivity (Wildman–Crippen MR) is 108 cm³/mol. The molecule has 1 amide bonds. The minimum absolute atomic E-state index is 0.00198. The molecule has 30 heavy (non-hydrogen) atoms. The number of fused-ring (bicyclic) bond motifs is 1. The number of amides is 1. The first-order valence-corrected chi connectivity index (χ1v) is 9.45. The van der Waals surface area contributed by atoms with E-state index in [1.807, 2.05) is 42.1 Å². The average Bonchev–Trinajstić information content (AvgIpc) is 3.54. The predicted octanol–water partition coefficient (Wildman–Crippen LogP) is 4.14. The third-order valence-corrected chi connectivity index (χ3v) is 5.42. The molecule has 150 valence electrons. The topological polar surface area (TPSA) is 88.8 Å². The molecule has 0 fully saturated rings. The summed E-state index contributed by atoms with van der Waals surface area (Å²) in [7, 11) is 1.90. The van der Waals surface area contributed by atoms with Gasteiger partial charge in [0.15, 0.2) is 11.5 Å². The van der Waals surface area contributed by atoms with Crippen molar-refractivity contribution in [2.75, 3.05) is 0 Å². The van der Waals surface area contributed by atoms with Gasteiger partial charge in [-0.05, 0) is 30.3 Å². The number of furan rings is 2. The maximum absolute atomic E-state index is 13.2. The Morgan fingerprint density at radius 2 is 1.83 bits per heavy atom. The van der Waals surface area contributed by atoms with Crippen molar-refractivity contribution in [2.45, 2.75) is 12.6 Å². The Kier molecular flexibility index (Phi) is 4.10. The average molecular weight is 402 g/mol. The molecule has 4 aromatic rings. The molecule has 0 radical (unpaired) electrons. The number of para-hydroxylation sites is 1. The lowest BCUT2D eigenvalue weighted by atomic mass is 9.94. The van der Waals surface area contributed by atoms with E-state index in [2.05, 4.69) is 0 Å². The molecule has 1 aliphatic rings. The minimum atomic E-state index is -0.786. The van der Waals surface area contributed by atoms with Gasteiger partial charge in [0, 0.05) is 29.7 Å². The molecule has 7 nitrogen and oxygen atoms in total. The maximum atomic E-state index is 13.2. The number of aryl methyl sites for hydroxylation is 1. The van der Waals surface area contributed by atoms with Crippen LogP contribution < -0.4 is 0 Å². The molecular weight excluding hydrogens is 384 g/mol. The van der Waals surface area contributed by atoms with Crippen LogP contribution in [0.2, 0.25) is 0 Å². The lowest BCUT2D eigenvalue weighted by Gasteiger charge is -2.25. The van der Waals surface area contributed by atoms with Gasteiger partial charge in [-0.2, -0.15) is 0 Å². The number of hydrogen-bond acceptors (Lipinski definition) is 5. The van der Waals surface area contributed by atoms with Crippen molar-refractivity contribution in [2.24, 2.45) is 7.05 Å². The van der Waals surface area contributed by atoms with Crippen LogP contribution >= 0.6 is 0 Å². The van der Waals surface area contributed by atoms with E-state index in [9.17, 15) is 14.7 Å². The van der Waals surface area contributed by atoms with Gasteiger partial charge in [0.05, 0.1) is 30.7 Å². The quantitative estimate of drug-likeness (QED) is 0.507. The molecule has 1 atom stereocenters. The van der Waals surface area contributed by atoms with Crippen LogP contribution in [0.5, 0.6) is 0 Å². The van der Waals surface area contributed by atoms with Crippen molar-refractivity contribution in [3.8, 4) is 0 Å². The Bertz CT molecular complexity index is 1280. The van der Waals surface area contributed by atoms with Crippen molar-refractivity contribution >= 4 is 22.6 Å². The number of aliphatic hydroxyl groups excluding tert-OH is 1. The number of Topliss-reactive ketones (excluding diaryl/α,β-unsaturated/α-hetero) is 1. The zero-order chi connectivity index (χ0) is 20.8. The number of aliphatic hydroxyl groups is 1. The van der Waals surface area contributed by atoms with Crippen LogP contribution in [0.3, 0.4) is 0 Å². The second kappa shape index (κ2) is 6.81. The third-order valence-electron chi connectivity index (χ3n) is 5.42. The monoisotopic (exact) mass is 402 g/mol. The number of aromatic nitrogens is 1. The van der Waals surface area contributed by atoms with E-state index in [1.165, 1.54) is 23.5 Å². The van der Waals surface area contributed by atoms with Gasteiger partial charge >= 0.3 is 0 Å². The molecule has 1 aliphatic heterocycles. The van der Waals surface area contributed by atoms with Gasteiger partial charge in [0.1, 0.15) is 5.76 Å². The molecule has 3 aromatic heterocycles. The van der Waals surface area contributed by atoms with Gasteiger partial charge in [0.2, 0.25) is 5.78 Å². The van der Waals surface area contributed by atoms with Crippen molar-refractivity contribution < 1.29 is 23.5 Å². The summed E-state index contributed by atoms with van der Waals surface area (Å²) in [5.41, 5.74) is 1.69. The van der Waals surface area contributed by atoms with E-state index in [4.69, 9.17) is 8.83 Å². The van der Waals surface area contributed by atoms with E-state index >= 15 is 0 Å². The summed E-state index contributed by atoms with van der Waals surface area (Å²) in [6, 6.07) is 13.5. The largest absolute Gasteiger partial charge is 0.503 e. The molecule has 5 rings (SSSR count).